The Labute approximate surface area is 109 Å². The predicted molar refractivity (Wildman–Crippen MR) is 71.9 cm³/mol. The second-order valence-corrected chi connectivity index (χ2v) is 5.00. The summed E-state index contributed by atoms with van der Waals surface area (Å²) in [6, 6.07) is 5.26. The second kappa shape index (κ2) is 5.38. The van der Waals surface area contributed by atoms with Crippen LogP contribution in [0.25, 0.3) is 0 Å². The molecule has 5 heteroatoms. The van der Waals surface area contributed by atoms with E-state index in [1.165, 1.54) is 4.88 Å². The van der Waals surface area contributed by atoms with Crippen LogP contribution in [0.1, 0.15) is 10.6 Å². The number of halogens is 1. The molecule has 0 spiro atoms. The third-order valence-corrected chi connectivity index (χ3v) is 3.68. The summed E-state index contributed by atoms with van der Waals surface area (Å²) >= 11 is 7.65. The lowest BCUT2D eigenvalue weighted by Crippen LogP contribution is -2.01. The average molecular weight is 269 g/mol. The number of hydrogen-bond acceptors (Lipinski definition) is 4. The minimum absolute atomic E-state index is 0.547. The summed E-state index contributed by atoms with van der Waals surface area (Å²) in [6.07, 6.45) is 0.844. The standard InChI is InChI=1S/C12H13ClN2OS/c1-8-12(17-7-15-8)4-5-16-11-3-2-9(14)6-10(11)13/h2-3,6-7H,4-5,14H2,1H3. The first kappa shape index (κ1) is 12.2. The van der Waals surface area contributed by atoms with Gasteiger partial charge in [0.05, 0.1) is 22.8 Å². The number of aryl methyl sites for hydroxylation is 1. The zero-order valence-electron chi connectivity index (χ0n) is 9.44. The molecule has 1 aromatic carbocycles. The highest BCUT2D eigenvalue weighted by molar-refractivity contribution is 7.09. The number of thiazole rings is 1. The molecule has 0 radical (unpaired) electrons. The first-order valence-corrected chi connectivity index (χ1v) is 6.49. The molecular formula is C12H13ClN2OS. The minimum atomic E-state index is 0.547. The molecule has 2 rings (SSSR count). The van der Waals surface area contributed by atoms with E-state index in [2.05, 4.69) is 4.98 Å². The van der Waals surface area contributed by atoms with Gasteiger partial charge in [0.25, 0.3) is 0 Å². The zero-order valence-corrected chi connectivity index (χ0v) is 11.0. The van der Waals surface area contributed by atoms with Crippen LogP contribution >= 0.6 is 22.9 Å². The molecule has 2 aromatic rings. The summed E-state index contributed by atoms with van der Waals surface area (Å²) < 4.78 is 5.61. The molecule has 0 aliphatic heterocycles. The maximum atomic E-state index is 6.01. The van der Waals surface area contributed by atoms with Crippen molar-refractivity contribution < 1.29 is 4.74 Å². The summed E-state index contributed by atoms with van der Waals surface area (Å²) in [7, 11) is 0. The number of aromatic nitrogens is 1. The van der Waals surface area contributed by atoms with Crippen molar-refractivity contribution in [3.8, 4) is 5.75 Å². The Balaban J connectivity index is 1.92. The van der Waals surface area contributed by atoms with E-state index in [0.717, 1.165) is 12.1 Å². The number of ether oxygens (including phenoxy) is 1. The third-order valence-electron chi connectivity index (χ3n) is 2.39. The Morgan fingerprint density at radius 1 is 1.47 bits per heavy atom. The Hall–Kier alpha value is -1.26. The van der Waals surface area contributed by atoms with E-state index in [1.54, 1.807) is 29.5 Å². The molecule has 0 aliphatic carbocycles. The summed E-state index contributed by atoms with van der Waals surface area (Å²) in [5, 5.41) is 0.547. The van der Waals surface area contributed by atoms with Gasteiger partial charge in [-0.05, 0) is 25.1 Å². The van der Waals surface area contributed by atoms with Gasteiger partial charge < -0.3 is 10.5 Å². The van der Waals surface area contributed by atoms with Crippen LogP contribution in [0.4, 0.5) is 5.69 Å². The van der Waals surface area contributed by atoms with E-state index in [-0.39, 0.29) is 0 Å². The maximum Gasteiger partial charge on any atom is 0.138 e. The monoisotopic (exact) mass is 268 g/mol. The maximum absolute atomic E-state index is 6.01. The summed E-state index contributed by atoms with van der Waals surface area (Å²) in [4.78, 5) is 5.44. The van der Waals surface area contributed by atoms with Gasteiger partial charge in [0.2, 0.25) is 0 Å². The van der Waals surface area contributed by atoms with Crippen LogP contribution in [0.3, 0.4) is 0 Å². The quantitative estimate of drug-likeness (QED) is 0.866. The number of benzene rings is 1. The van der Waals surface area contributed by atoms with Crippen LogP contribution in [0.5, 0.6) is 5.75 Å². The molecule has 0 fully saturated rings. The van der Waals surface area contributed by atoms with Crippen LogP contribution in [-0.2, 0) is 6.42 Å². The highest BCUT2D eigenvalue weighted by Gasteiger charge is 2.04. The minimum Gasteiger partial charge on any atom is -0.492 e. The molecule has 0 saturated carbocycles. The van der Waals surface area contributed by atoms with Crippen molar-refractivity contribution in [3.63, 3.8) is 0 Å². The van der Waals surface area contributed by atoms with Crippen molar-refractivity contribution in [1.29, 1.82) is 0 Å². The van der Waals surface area contributed by atoms with Crippen LogP contribution in [-0.4, -0.2) is 11.6 Å². The van der Waals surface area contributed by atoms with Crippen LogP contribution in [0.15, 0.2) is 23.7 Å². The third kappa shape index (κ3) is 3.11. The molecular weight excluding hydrogens is 256 g/mol. The van der Waals surface area contributed by atoms with Crippen LogP contribution < -0.4 is 10.5 Å². The Kier molecular flexibility index (Phi) is 3.86. The lowest BCUT2D eigenvalue weighted by Gasteiger charge is -2.07. The van der Waals surface area contributed by atoms with Crippen LogP contribution in [0.2, 0.25) is 5.02 Å². The molecule has 1 heterocycles. The van der Waals surface area contributed by atoms with Gasteiger partial charge in [-0.1, -0.05) is 11.6 Å². The molecule has 0 atom stereocenters. The summed E-state index contributed by atoms with van der Waals surface area (Å²) in [5.74, 6) is 0.669. The molecule has 0 saturated heterocycles. The lowest BCUT2D eigenvalue weighted by atomic mass is 10.3. The van der Waals surface area contributed by atoms with Gasteiger partial charge in [0, 0.05) is 17.0 Å². The second-order valence-electron chi connectivity index (χ2n) is 3.65. The highest BCUT2D eigenvalue weighted by atomic mass is 35.5. The van der Waals surface area contributed by atoms with Gasteiger partial charge in [0.15, 0.2) is 0 Å². The molecule has 1 aromatic heterocycles. The lowest BCUT2D eigenvalue weighted by molar-refractivity contribution is 0.323. The Bertz CT molecular complexity index is 513. The molecule has 2 N–H and O–H groups in total. The molecule has 0 bridgehead atoms. The van der Waals surface area contributed by atoms with E-state index in [1.807, 2.05) is 12.4 Å². The first-order chi connectivity index (χ1) is 8.16. The normalized spacial score (nSPS) is 10.5. The number of nitrogen functional groups attached to an aromatic ring is 1. The average Bonchev–Trinajstić information content (AvgIpc) is 2.68. The summed E-state index contributed by atoms with van der Waals surface area (Å²) in [5.41, 5.74) is 9.17. The fraction of sp³-hybridized carbons (Fsp3) is 0.250. The van der Waals surface area contributed by atoms with E-state index >= 15 is 0 Å². The van der Waals surface area contributed by atoms with E-state index in [0.29, 0.717) is 23.1 Å². The fourth-order valence-electron chi connectivity index (χ4n) is 1.45. The van der Waals surface area contributed by atoms with E-state index in [9.17, 15) is 0 Å². The van der Waals surface area contributed by atoms with Gasteiger partial charge in [0.1, 0.15) is 5.75 Å². The molecule has 3 nitrogen and oxygen atoms in total. The number of anilines is 1. The fourth-order valence-corrected chi connectivity index (χ4v) is 2.46. The topological polar surface area (TPSA) is 48.1 Å². The smallest absolute Gasteiger partial charge is 0.138 e. The molecule has 0 unspecified atom stereocenters. The van der Waals surface area contributed by atoms with Crippen molar-refractivity contribution >= 4 is 28.6 Å². The van der Waals surface area contributed by atoms with Crippen molar-refractivity contribution in [2.24, 2.45) is 0 Å². The van der Waals surface area contributed by atoms with Gasteiger partial charge >= 0.3 is 0 Å². The van der Waals surface area contributed by atoms with Crippen molar-refractivity contribution in [1.82, 2.24) is 4.98 Å². The number of hydrogen-bond donors (Lipinski definition) is 1. The van der Waals surface area contributed by atoms with Crippen LogP contribution in [0, 0.1) is 6.92 Å². The summed E-state index contributed by atoms with van der Waals surface area (Å²) in [6.45, 7) is 2.59. The first-order valence-electron chi connectivity index (χ1n) is 5.23. The van der Waals surface area contributed by atoms with Crippen molar-refractivity contribution in [3.05, 3.63) is 39.3 Å². The van der Waals surface area contributed by atoms with Crippen molar-refractivity contribution in [2.75, 3.05) is 12.3 Å². The SMILES string of the molecule is Cc1ncsc1CCOc1ccc(N)cc1Cl. The predicted octanol–water partition coefficient (Wildman–Crippen LogP) is 3.31. The molecule has 90 valence electrons. The number of nitrogens with zero attached hydrogens (tertiary/aromatic N) is 1. The Morgan fingerprint density at radius 2 is 2.29 bits per heavy atom. The van der Waals surface area contributed by atoms with Gasteiger partial charge in [-0.2, -0.15) is 0 Å². The van der Waals surface area contributed by atoms with Gasteiger partial charge in [-0.25, -0.2) is 4.98 Å². The Morgan fingerprint density at radius 3 is 2.94 bits per heavy atom. The molecule has 17 heavy (non-hydrogen) atoms. The van der Waals surface area contributed by atoms with E-state index < -0.39 is 0 Å². The van der Waals surface area contributed by atoms with Crippen molar-refractivity contribution in [2.45, 2.75) is 13.3 Å². The number of nitrogens with two attached hydrogens (primary N) is 1. The zero-order chi connectivity index (χ0) is 12.3. The van der Waals surface area contributed by atoms with Gasteiger partial charge in [-0.15, -0.1) is 11.3 Å². The molecule has 0 aliphatic rings. The van der Waals surface area contributed by atoms with E-state index in [4.69, 9.17) is 22.1 Å². The molecule has 0 amide bonds. The largest absolute Gasteiger partial charge is 0.492 e. The number of rotatable bonds is 4. The van der Waals surface area contributed by atoms with Gasteiger partial charge in [-0.3, -0.25) is 0 Å². The highest BCUT2D eigenvalue weighted by Crippen LogP contribution is 2.26.